The van der Waals surface area contributed by atoms with E-state index in [9.17, 15) is 13.2 Å². The maximum atomic E-state index is 13.1. The second kappa shape index (κ2) is 5.17. The zero-order valence-electron chi connectivity index (χ0n) is 14.2. The molecular formula is C16H27N3O3S. The van der Waals surface area contributed by atoms with E-state index in [1.165, 1.54) is 10.6 Å². The van der Waals surface area contributed by atoms with Crippen LogP contribution in [-0.2, 0) is 14.8 Å². The van der Waals surface area contributed by atoms with E-state index < -0.39 is 16.1 Å². The first-order valence-electron chi connectivity index (χ1n) is 8.83. The van der Waals surface area contributed by atoms with Crippen molar-refractivity contribution in [3.63, 3.8) is 0 Å². The molecule has 0 N–H and O–H groups in total. The standard InChI is InChI=1S/C16H27N3O3S/c1-10(2)17-8-12-6-7-13(9-17)18(12)16(20)15-14(11-4-5-11)19(15)23(3,21)22/h10-15H,4-9H2,1-3H3/t12?,13?,14-,15+,19?/m0/s1. The lowest BCUT2D eigenvalue weighted by molar-refractivity contribution is -0.137. The Kier molecular flexibility index (Phi) is 3.56. The third-order valence-electron chi connectivity index (χ3n) is 6.04. The van der Waals surface area contributed by atoms with Crippen molar-refractivity contribution in [2.75, 3.05) is 19.3 Å². The molecule has 4 rings (SSSR count). The first-order chi connectivity index (χ1) is 10.8. The lowest BCUT2D eigenvalue weighted by atomic mass is 10.1. The van der Waals surface area contributed by atoms with Crippen molar-refractivity contribution in [2.24, 2.45) is 5.92 Å². The Morgan fingerprint density at radius 2 is 1.61 bits per heavy atom. The van der Waals surface area contributed by atoms with Crippen LogP contribution in [0.2, 0.25) is 0 Å². The number of piperazine rings is 1. The van der Waals surface area contributed by atoms with Crippen LogP contribution in [0.25, 0.3) is 0 Å². The van der Waals surface area contributed by atoms with Gasteiger partial charge in [0, 0.05) is 31.2 Å². The molecule has 0 aromatic rings. The summed E-state index contributed by atoms with van der Waals surface area (Å²) in [5.74, 6) is 0.483. The van der Waals surface area contributed by atoms with Gasteiger partial charge >= 0.3 is 0 Å². The van der Waals surface area contributed by atoms with Gasteiger partial charge in [-0.2, -0.15) is 4.31 Å². The predicted octanol–water partition coefficient (Wildman–Crippen LogP) is 0.492. The van der Waals surface area contributed by atoms with Crippen LogP contribution in [0, 0.1) is 5.92 Å². The summed E-state index contributed by atoms with van der Waals surface area (Å²) in [6.07, 6.45) is 5.47. The van der Waals surface area contributed by atoms with Crippen LogP contribution >= 0.6 is 0 Å². The number of nitrogens with zero attached hydrogens (tertiary/aromatic N) is 3. The molecule has 23 heavy (non-hydrogen) atoms. The van der Waals surface area contributed by atoms with Gasteiger partial charge in [0.2, 0.25) is 15.9 Å². The summed E-state index contributed by atoms with van der Waals surface area (Å²) in [5, 5.41) is 0. The van der Waals surface area contributed by atoms with Gasteiger partial charge in [-0.3, -0.25) is 9.69 Å². The molecule has 0 aromatic carbocycles. The van der Waals surface area contributed by atoms with E-state index in [-0.39, 0.29) is 24.0 Å². The van der Waals surface area contributed by atoms with Crippen LogP contribution < -0.4 is 0 Å². The zero-order valence-corrected chi connectivity index (χ0v) is 15.0. The maximum Gasteiger partial charge on any atom is 0.243 e. The van der Waals surface area contributed by atoms with Crippen molar-refractivity contribution in [1.82, 2.24) is 14.1 Å². The summed E-state index contributed by atoms with van der Waals surface area (Å²) >= 11 is 0. The molecule has 1 amide bonds. The summed E-state index contributed by atoms with van der Waals surface area (Å²) in [5.41, 5.74) is 0. The molecule has 4 aliphatic rings. The Morgan fingerprint density at radius 3 is 2.04 bits per heavy atom. The molecule has 3 unspecified atom stereocenters. The largest absolute Gasteiger partial charge is 0.333 e. The van der Waals surface area contributed by atoms with Crippen LogP contribution in [-0.4, -0.2) is 78.0 Å². The van der Waals surface area contributed by atoms with Crippen molar-refractivity contribution in [3.8, 4) is 0 Å². The van der Waals surface area contributed by atoms with Gasteiger partial charge in [0.05, 0.1) is 12.3 Å². The molecule has 3 heterocycles. The second-order valence-electron chi connectivity index (χ2n) is 8.04. The fourth-order valence-electron chi connectivity index (χ4n) is 4.68. The van der Waals surface area contributed by atoms with E-state index in [2.05, 4.69) is 18.7 Å². The number of fused-ring (bicyclic) bond motifs is 2. The van der Waals surface area contributed by atoms with Gasteiger partial charge in [0.25, 0.3) is 0 Å². The Bertz CT molecular complexity index is 602. The molecule has 0 radical (unpaired) electrons. The van der Waals surface area contributed by atoms with Gasteiger partial charge in [0.1, 0.15) is 6.04 Å². The average molecular weight is 341 g/mol. The molecule has 0 spiro atoms. The SMILES string of the molecule is CC(C)N1CC2CCC(C1)N2C(=O)[C@H]1[C@H](C2CC2)N1S(C)(=O)=O. The smallest absolute Gasteiger partial charge is 0.243 e. The number of hydrogen-bond acceptors (Lipinski definition) is 4. The lowest BCUT2D eigenvalue weighted by Crippen LogP contribution is -2.58. The third kappa shape index (κ3) is 2.61. The van der Waals surface area contributed by atoms with Crippen molar-refractivity contribution in [1.29, 1.82) is 0 Å². The van der Waals surface area contributed by atoms with Crippen molar-refractivity contribution in [2.45, 2.75) is 69.7 Å². The molecule has 5 atom stereocenters. The first kappa shape index (κ1) is 15.8. The number of carbonyl (C=O) groups is 1. The summed E-state index contributed by atoms with van der Waals surface area (Å²) in [7, 11) is -3.28. The van der Waals surface area contributed by atoms with Gasteiger partial charge in [-0.25, -0.2) is 8.42 Å². The van der Waals surface area contributed by atoms with Crippen LogP contribution in [0.15, 0.2) is 0 Å². The second-order valence-corrected chi connectivity index (χ2v) is 9.93. The van der Waals surface area contributed by atoms with E-state index in [1.807, 2.05) is 4.90 Å². The molecule has 6 nitrogen and oxygen atoms in total. The molecule has 1 saturated carbocycles. The average Bonchev–Trinajstić information content (AvgIpc) is 3.33. The van der Waals surface area contributed by atoms with E-state index in [0.717, 1.165) is 38.8 Å². The van der Waals surface area contributed by atoms with Crippen molar-refractivity contribution < 1.29 is 13.2 Å². The van der Waals surface area contributed by atoms with Crippen LogP contribution in [0.4, 0.5) is 0 Å². The van der Waals surface area contributed by atoms with Crippen LogP contribution in [0.1, 0.15) is 39.5 Å². The Hall–Kier alpha value is -0.660. The van der Waals surface area contributed by atoms with Crippen LogP contribution in [0.3, 0.4) is 0 Å². The minimum atomic E-state index is -3.28. The molecule has 0 aromatic heterocycles. The fourth-order valence-corrected chi connectivity index (χ4v) is 5.99. The Labute approximate surface area is 138 Å². The summed E-state index contributed by atoms with van der Waals surface area (Å²) in [6.45, 7) is 6.26. The molecular weight excluding hydrogens is 314 g/mol. The van der Waals surface area contributed by atoms with E-state index in [4.69, 9.17) is 0 Å². The van der Waals surface area contributed by atoms with Crippen LogP contribution in [0.5, 0.6) is 0 Å². The zero-order chi connectivity index (χ0) is 16.5. The number of likely N-dealkylation sites (tertiary alicyclic amines) is 1. The number of hydrogen-bond donors (Lipinski definition) is 0. The van der Waals surface area contributed by atoms with Gasteiger partial charge in [0.15, 0.2) is 0 Å². The minimum Gasteiger partial charge on any atom is -0.333 e. The van der Waals surface area contributed by atoms with Crippen molar-refractivity contribution >= 4 is 15.9 Å². The van der Waals surface area contributed by atoms with E-state index in [1.54, 1.807) is 0 Å². The van der Waals surface area contributed by atoms with Gasteiger partial charge < -0.3 is 4.90 Å². The third-order valence-corrected chi connectivity index (χ3v) is 7.27. The summed E-state index contributed by atoms with van der Waals surface area (Å²) in [6, 6.07) is 0.574. The minimum absolute atomic E-state index is 0.0555. The monoisotopic (exact) mass is 341 g/mol. The number of amides is 1. The molecule has 2 bridgehead atoms. The fraction of sp³-hybridized carbons (Fsp3) is 0.938. The normalized spacial score (nSPS) is 40.7. The molecule has 7 heteroatoms. The number of carbonyl (C=O) groups excluding carboxylic acids is 1. The molecule has 3 saturated heterocycles. The Morgan fingerprint density at radius 1 is 1.04 bits per heavy atom. The molecule has 1 aliphatic carbocycles. The summed E-state index contributed by atoms with van der Waals surface area (Å²) < 4.78 is 25.5. The van der Waals surface area contributed by atoms with Gasteiger partial charge in [-0.05, 0) is 45.4 Å². The lowest BCUT2D eigenvalue weighted by Gasteiger charge is -2.43. The predicted molar refractivity (Wildman–Crippen MR) is 87.3 cm³/mol. The number of rotatable bonds is 4. The van der Waals surface area contributed by atoms with Gasteiger partial charge in [-0.1, -0.05) is 0 Å². The molecule has 130 valence electrons. The van der Waals surface area contributed by atoms with E-state index >= 15 is 0 Å². The summed E-state index contributed by atoms with van der Waals surface area (Å²) in [4.78, 5) is 17.6. The maximum absolute atomic E-state index is 13.1. The highest BCUT2D eigenvalue weighted by atomic mass is 32.2. The Balaban J connectivity index is 1.52. The van der Waals surface area contributed by atoms with E-state index in [0.29, 0.717) is 12.0 Å². The highest BCUT2D eigenvalue weighted by molar-refractivity contribution is 7.88. The first-order valence-corrected chi connectivity index (χ1v) is 10.7. The number of sulfonamides is 1. The highest BCUT2D eigenvalue weighted by Gasteiger charge is 2.65. The quantitative estimate of drug-likeness (QED) is 0.699. The highest BCUT2D eigenvalue weighted by Crippen LogP contribution is 2.49. The molecule has 3 aliphatic heterocycles. The topological polar surface area (TPSA) is 60.7 Å². The van der Waals surface area contributed by atoms with Gasteiger partial charge in [-0.15, -0.1) is 0 Å². The molecule has 4 fully saturated rings. The van der Waals surface area contributed by atoms with Crippen molar-refractivity contribution in [3.05, 3.63) is 0 Å².